The smallest absolute Gasteiger partial charge is 0.282 e. The van der Waals surface area contributed by atoms with E-state index in [9.17, 15) is 18.3 Å². The highest BCUT2D eigenvalue weighted by Gasteiger charge is 2.37. The van der Waals surface area contributed by atoms with Gasteiger partial charge in [-0.2, -0.15) is 17.4 Å². The van der Waals surface area contributed by atoms with Gasteiger partial charge in [-0.05, 0) is 31.2 Å². The zero-order chi connectivity index (χ0) is 17.3. The van der Waals surface area contributed by atoms with Gasteiger partial charge in [0.1, 0.15) is 0 Å². The van der Waals surface area contributed by atoms with Crippen LogP contribution in [0.3, 0.4) is 0 Å². The van der Waals surface area contributed by atoms with Crippen LogP contribution in [0.25, 0.3) is 0 Å². The highest BCUT2D eigenvalue weighted by molar-refractivity contribution is 7.87. The van der Waals surface area contributed by atoms with E-state index in [0.29, 0.717) is 18.1 Å². The molecule has 1 saturated heterocycles. The third-order valence-corrected chi connectivity index (χ3v) is 5.53. The summed E-state index contributed by atoms with van der Waals surface area (Å²) >= 11 is 5.84. The van der Waals surface area contributed by atoms with Crippen molar-refractivity contribution in [1.82, 2.24) is 9.03 Å². The molecule has 1 aliphatic rings. The lowest BCUT2D eigenvalue weighted by atomic mass is 10.2. The van der Waals surface area contributed by atoms with Gasteiger partial charge in [0.2, 0.25) is 5.72 Å². The van der Waals surface area contributed by atoms with Crippen LogP contribution in [-0.2, 0) is 15.0 Å². The van der Waals surface area contributed by atoms with Crippen molar-refractivity contribution in [2.75, 3.05) is 31.1 Å². The minimum atomic E-state index is -4.01. The van der Waals surface area contributed by atoms with Crippen LogP contribution in [-0.4, -0.2) is 55.6 Å². The number of amides is 1. The minimum absolute atomic E-state index is 0.215. The molecule has 1 fully saturated rings. The first-order valence-electron chi connectivity index (χ1n) is 6.94. The van der Waals surface area contributed by atoms with Crippen molar-refractivity contribution in [1.29, 1.82) is 0 Å². The molecule has 23 heavy (non-hydrogen) atoms. The lowest BCUT2D eigenvalue weighted by Gasteiger charge is -2.36. The summed E-state index contributed by atoms with van der Waals surface area (Å²) in [4.78, 5) is 13.1. The molecular formula is C13H19ClN4O4S. The van der Waals surface area contributed by atoms with Gasteiger partial charge in [0.05, 0.1) is 0 Å². The molecule has 0 spiro atoms. The number of rotatable bonds is 5. The fourth-order valence-electron chi connectivity index (χ4n) is 2.20. The highest BCUT2D eigenvalue weighted by Crippen LogP contribution is 2.20. The first-order valence-corrected chi connectivity index (χ1v) is 8.75. The van der Waals surface area contributed by atoms with E-state index in [2.05, 4.69) is 0 Å². The monoisotopic (exact) mass is 362 g/mol. The molecule has 1 heterocycles. The summed E-state index contributed by atoms with van der Waals surface area (Å²) in [7, 11) is -4.01. The number of hydrogen-bond acceptors (Lipinski definition) is 5. The number of primary amides is 1. The Hall–Kier alpha value is -1.39. The fourth-order valence-corrected chi connectivity index (χ4v) is 3.71. The van der Waals surface area contributed by atoms with E-state index in [1.165, 1.54) is 0 Å². The molecule has 4 N–H and O–H groups in total. The normalized spacial score (nSPS) is 19.3. The quantitative estimate of drug-likeness (QED) is 0.610. The Kier molecular flexibility index (Phi) is 5.17. The van der Waals surface area contributed by atoms with Gasteiger partial charge >= 0.3 is 0 Å². The van der Waals surface area contributed by atoms with Crippen molar-refractivity contribution >= 4 is 33.4 Å². The summed E-state index contributed by atoms with van der Waals surface area (Å²) in [6.45, 7) is 2.37. The molecule has 1 amide bonds. The van der Waals surface area contributed by atoms with Crippen molar-refractivity contribution in [3.63, 3.8) is 0 Å². The molecule has 0 aliphatic carbocycles. The van der Waals surface area contributed by atoms with Crippen LogP contribution in [0.1, 0.15) is 6.92 Å². The third-order valence-electron chi connectivity index (χ3n) is 3.58. The summed E-state index contributed by atoms with van der Waals surface area (Å²) in [5.41, 5.74) is 3.58. The second-order valence-corrected chi connectivity index (χ2v) is 7.51. The Morgan fingerprint density at radius 2 is 1.78 bits per heavy atom. The number of benzene rings is 1. The summed E-state index contributed by atoms with van der Waals surface area (Å²) in [5.74, 6) is -1.17. The third kappa shape index (κ3) is 4.33. The van der Waals surface area contributed by atoms with E-state index >= 15 is 0 Å². The van der Waals surface area contributed by atoms with Crippen molar-refractivity contribution in [3.05, 3.63) is 29.3 Å². The Bertz CT molecular complexity index is 670. The van der Waals surface area contributed by atoms with Crippen molar-refractivity contribution in [2.45, 2.75) is 12.6 Å². The first kappa shape index (κ1) is 18.0. The number of nitrogens with zero attached hydrogens (tertiary/aromatic N) is 2. The molecule has 1 aliphatic heterocycles. The molecule has 0 bridgehead atoms. The number of aliphatic hydroxyl groups is 1. The Morgan fingerprint density at radius 1 is 1.26 bits per heavy atom. The molecule has 8 nitrogen and oxygen atoms in total. The predicted molar refractivity (Wildman–Crippen MR) is 87.1 cm³/mol. The summed E-state index contributed by atoms with van der Waals surface area (Å²) in [6, 6.07) is 7.27. The standard InChI is InChI=1S/C13H19ClN4O4S/c1-13(20,12(15)19)16-23(21,22)18-8-6-17(7-9-18)11-4-2-10(14)3-5-11/h2-5,16,20H,6-9H2,1H3,(H2,15,19). The van der Waals surface area contributed by atoms with Gasteiger partial charge in [0, 0.05) is 36.9 Å². The van der Waals surface area contributed by atoms with Crippen LogP contribution in [0.15, 0.2) is 24.3 Å². The van der Waals surface area contributed by atoms with Crippen LogP contribution in [0.5, 0.6) is 0 Å². The van der Waals surface area contributed by atoms with Gasteiger partial charge in [-0.25, -0.2) is 0 Å². The summed E-state index contributed by atoms with van der Waals surface area (Å²) in [6.07, 6.45) is 0. The molecular weight excluding hydrogens is 344 g/mol. The van der Waals surface area contributed by atoms with E-state index in [1.54, 1.807) is 12.1 Å². The minimum Gasteiger partial charge on any atom is -0.369 e. The maximum atomic E-state index is 12.2. The van der Waals surface area contributed by atoms with Crippen LogP contribution >= 0.6 is 11.6 Å². The molecule has 10 heteroatoms. The van der Waals surface area contributed by atoms with Crippen LogP contribution in [0.4, 0.5) is 5.69 Å². The van der Waals surface area contributed by atoms with E-state index in [1.807, 2.05) is 21.8 Å². The SMILES string of the molecule is CC(O)(NS(=O)(=O)N1CCN(c2ccc(Cl)cc2)CC1)C(N)=O. The van der Waals surface area contributed by atoms with Gasteiger partial charge < -0.3 is 15.7 Å². The number of piperazine rings is 1. The second kappa shape index (κ2) is 6.62. The molecule has 0 saturated carbocycles. The summed E-state index contributed by atoms with van der Waals surface area (Å²) < 4.78 is 27.5. The van der Waals surface area contributed by atoms with Gasteiger partial charge in [-0.15, -0.1) is 0 Å². The van der Waals surface area contributed by atoms with Crippen molar-refractivity contribution in [3.8, 4) is 0 Å². The lowest BCUT2D eigenvalue weighted by Crippen LogP contribution is -2.60. The molecule has 128 valence electrons. The number of halogens is 1. The first-order chi connectivity index (χ1) is 10.6. The van der Waals surface area contributed by atoms with Crippen molar-refractivity contribution < 1.29 is 18.3 Å². The molecule has 1 atom stereocenters. The average molecular weight is 363 g/mol. The maximum Gasteiger partial charge on any atom is 0.282 e. The average Bonchev–Trinajstić information content (AvgIpc) is 2.47. The van der Waals surface area contributed by atoms with Crippen LogP contribution in [0, 0.1) is 0 Å². The number of nitrogens with one attached hydrogen (secondary N) is 1. The Labute approximate surface area is 140 Å². The Balaban J connectivity index is 2.00. The Morgan fingerprint density at radius 3 is 2.26 bits per heavy atom. The number of carbonyl (C=O) groups is 1. The second-order valence-electron chi connectivity index (χ2n) is 5.41. The number of nitrogens with two attached hydrogens (primary N) is 1. The highest BCUT2D eigenvalue weighted by atomic mass is 35.5. The van der Waals surface area contributed by atoms with Gasteiger partial charge in [0.15, 0.2) is 0 Å². The largest absolute Gasteiger partial charge is 0.369 e. The maximum absolute atomic E-state index is 12.2. The van der Waals surface area contributed by atoms with Crippen molar-refractivity contribution in [2.24, 2.45) is 5.73 Å². The fraction of sp³-hybridized carbons (Fsp3) is 0.462. The zero-order valence-corrected chi connectivity index (χ0v) is 14.1. The van der Waals surface area contributed by atoms with E-state index in [-0.39, 0.29) is 13.1 Å². The van der Waals surface area contributed by atoms with E-state index in [0.717, 1.165) is 16.9 Å². The van der Waals surface area contributed by atoms with Crippen LogP contribution in [0.2, 0.25) is 5.02 Å². The van der Waals surface area contributed by atoms with Crippen LogP contribution < -0.4 is 15.4 Å². The van der Waals surface area contributed by atoms with E-state index < -0.39 is 21.8 Å². The van der Waals surface area contributed by atoms with Gasteiger partial charge in [-0.1, -0.05) is 11.6 Å². The molecule has 2 rings (SSSR count). The molecule has 1 aromatic carbocycles. The molecule has 0 radical (unpaired) electrons. The molecule has 1 aromatic rings. The molecule has 0 aromatic heterocycles. The van der Waals surface area contributed by atoms with Gasteiger partial charge in [-0.3, -0.25) is 4.79 Å². The molecule has 1 unspecified atom stereocenters. The number of carbonyl (C=O) groups excluding carboxylic acids is 1. The summed E-state index contributed by atoms with van der Waals surface area (Å²) in [5, 5.41) is 10.3. The zero-order valence-electron chi connectivity index (χ0n) is 12.6. The number of anilines is 1. The van der Waals surface area contributed by atoms with Gasteiger partial charge in [0.25, 0.3) is 16.1 Å². The van der Waals surface area contributed by atoms with E-state index in [4.69, 9.17) is 17.3 Å². The predicted octanol–water partition coefficient (Wildman–Crippen LogP) is -0.510. The topological polar surface area (TPSA) is 116 Å². The lowest BCUT2D eigenvalue weighted by molar-refractivity contribution is -0.135. The number of hydrogen-bond donors (Lipinski definition) is 3.